The number of aromatic nitrogens is 3. The monoisotopic (exact) mass is 348 g/mol. The highest BCUT2D eigenvalue weighted by Gasteiger charge is 2.13. The van der Waals surface area contributed by atoms with Crippen molar-refractivity contribution in [1.29, 1.82) is 0 Å². The maximum absolute atomic E-state index is 11.6. The smallest absolute Gasteiger partial charge is 0.231 e. The summed E-state index contributed by atoms with van der Waals surface area (Å²) in [4.78, 5) is 4.62. The van der Waals surface area contributed by atoms with Gasteiger partial charge in [0.1, 0.15) is 5.01 Å². The van der Waals surface area contributed by atoms with E-state index in [1.54, 1.807) is 34.3 Å². The number of hydrogen-bond donors (Lipinski definition) is 0. The molecule has 8 heteroatoms. The van der Waals surface area contributed by atoms with Crippen LogP contribution in [-0.2, 0) is 17.1 Å². The van der Waals surface area contributed by atoms with Crippen LogP contribution in [0.5, 0.6) is 0 Å². The molecule has 0 spiro atoms. The Kier molecular flexibility index (Phi) is 3.95. The molecule has 120 valence electrons. The second-order valence-corrected chi connectivity index (χ2v) is 8.09. The van der Waals surface area contributed by atoms with Crippen LogP contribution in [0.2, 0.25) is 0 Å². The van der Waals surface area contributed by atoms with Gasteiger partial charge in [-0.1, -0.05) is 12.1 Å². The molecular weight excluding hydrogens is 332 g/mol. The summed E-state index contributed by atoms with van der Waals surface area (Å²) in [5, 5.41) is 7.04. The number of aryl methyl sites for hydroxylation is 1. The maximum Gasteiger partial charge on any atom is 0.231 e. The highest BCUT2D eigenvalue weighted by atomic mass is 32.2. The lowest BCUT2D eigenvalue weighted by Gasteiger charge is -2.16. The van der Waals surface area contributed by atoms with Crippen molar-refractivity contribution in [2.75, 3.05) is 17.6 Å². The van der Waals surface area contributed by atoms with Crippen LogP contribution in [0.3, 0.4) is 0 Å². The molecule has 0 unspecified atom stereocenters. The number of benzene rings is 1. The standard InChI is InChI=1S/C15H16N4O2S2/c1-18-9-12(8-16-18)15-17-14(10-22-15)11-4-6-13(7-5-11)19(2)23(3,20)21/h4-10H,1-3H3. The predicted molar refractivity (Wildman–Crippen MR) is 93.0 cm³/mol. The van der Waals surface area contributed by atoms with Crippen molar-refractivity contribution in [2.45, 2.75) is 0 Å². The molecule has 0 aliphatic rings. The normalized spacial score (nSPS) is 11.6. The highest BCUT2D eigenvalue weighted by Crippen LogP contribution is 2.29. The average molecular weight is 348 g/mol. The minimum atomic E-state index is -3.25. The second kappa shape index (κ2) is 5.78. The number of sulfonamides is 1. The molecule has 6 nitrogen and oxygen atoms in total. The fraction of sp³-hybridized carbons (Fsp3) is 0.200. The second-order valence-electron chi connectivity index (χ2n) is 5.22. The lowest BCUT2D eigenvalue weighted by molar-refractivity contribution is 0.600. The van der Waals surface area contributed by atoms with Crippen LogP contribution in [0.15, 0.2) is 42.0 Å². The summed E-state index contributed by atoms with van der Waals surface area (Å²) < 4.78 is 26.1. The SMILES string of the molecule is CN(c1ccc(-c2csc(-c3cnn(C)c3)n2)cc1)S(C)(=O)=O. The van der Waals surface area contributed by atoms with Gasteiger partial charge in [0.15, 0.2) is 0 Å². The maximum atomic E-state index is 11.6. The highest BCUT2D eigenvalue weighted by molar-refractivity contribution is 7.92. The number of rotatable bonds is 4. The molecule has 0 N–H and O–H groups in total. The summed E-state index contributed by atoms with van der Waals surface area (Å²) in [7, 11) is 0.153. The largest absolute Gasteiger partial charge is 0.275 e. The van der Waals surface area contributed by atoms with Crippen LogP contribution in [0, 0.1) is 0 Å². The Morgan fingerprint density at radius 3 is 2.43 bits per heavy atom. The van der Waals surface area contributed by atoms with Crippen LogP contribution in [0.4, 0.5) is 5.69 Å². The van der Waals surface area contributed by atoms with Crippen molar-refractivity contribution in [1.82, 2.24) is 14.8 Å². The zero-order valence-corrected chi connectivity index (χ0v) is 14.6. The first-order valence-corrected chi connectivity index (χ1v) is 9.56. The van der Waals surface area contributed by atoms with Gasteiger partial charge in [-0.05, 0) is 12.1 Å². The Balaban J connectivity index is 1.87. The molecule has 23 heavy (non-hydrogen) atoms. The molecule has 0 aliphatic carbocycles. The van der Waals surface area contributed by atoms with E-state index in [1.165, 1.54) is 17.6 Å². The molecule has 0 amide bonds. The number of nitrogens with zero attached hydrogens (tertiary/aromatic N) is 4. The average Bonchev–Trinajstić information content (AvgIpc) is 3.14. The van der Waals surface area contributed by atoms with Gasteiger partial charge in [-0.3, -0.25) is 8.99 Å². The Hall–Kier alpha value is -2.19. The first kappa shape index (κ1) is 15.7. The summed E-state index contributed by atoms with van der Waals surface area (Å²) in [6, 6.07) is 7.30. The van der Waals surface area contributed by atoms with Gasteiger partial charge in [0, 0.05) is 36.8 Å². The molecule has 0 fully saturated rings. The third-order valence-electron chi connectivity index (χ3n) is 3.48. The van der Waals surface area contributed by atoms with E-state index in [-0.39, 0.29) is 0 Å². The molecule has 1 aromatic carbocycles. The molecular formula is C15H16N4O2S2. The summed E-state index contributed by atoms with van der Waals surface area (Å²) >= 11 is 1.55. The van der Waals surface area contributed by atoms with E-state index in [1.807, 2.05) is 30.8 Å². The Labute approximate surface area is 139 Å². The van der Waals surface area contributed by atoms with Crippen molar-refractivity contribution in [3.05, 3.63) is 42.0 Å². The quantitative estimate of drug-likeness (QED) is 0.727. The van der Waals surface area contributed by atoms with E-state index in [4.69, 9.17) is 0 Å². The molecule has 3 aromatic rings. The van der Waals surface area contributed by atoms with Gasteiger partial charge in [0.2, 0.25) is 10.0 Å². The topological polar surface area (TPSA) is 68.1 Å². The molecule has 2 aromatic heterocycles. The van der Waals surface area contributed by atoms with Crippen molar-refractivity contribution in [3.8, 4) is 21.8 Å². The zero-order chi connectivity index (χ0) is 16.6. The fourth-order valence-electron chi connectivity index (χ4n) is 2.10. The molecule has 3 rings (SSSR count). The van der Waals surface area contributed by atoms with E-state index < -0.39 is 10.0 Å². The zero-order valence-electron chi connectivity index (χ0n) is 13.0. The van der Waals surface area contributed by atoms with Crippen molar-refractivity contribution < 1.29 is 8.42 Å². The van der Waals surface area contributed by atoms with Gasteiger partial charge in [0.25, 0.3) is 0 Å². The first-order chi connectivity index (χ1) is 10.8. The van der Waals surface area contributed by atoms with Crippen LogP contribution < -0.4 is 4.31 Å². The van der Waals surface area contributed by atoms with Gasteiger partial charge in [-0.2, -0.15) is 5.10 Å². The molecule has 0 bridgehead atoms. The van der Waals surface area contributed by atoms with Crippen molar-refractivity contribution >= 4 is 27.0 Å². The minimum Gasteiger partial charge on any atom is -0.275 e. The van der Waals surface area contributed by atoms with Crippen LogP contribution >= 0.6 is 11.3 Å². The predicted octanol–water partition coefficient (Wildman–Crippen LogP) is 2.61. The Bertz CT molecular complexity index is 927. The van der Waals surface area contributed by atoms with Crippen molar-refractivity contribution in [2.24, 2.45) is 7.05 Å². The van der Waals surface area contributed by atoms with E-state index >= 15 is 0 Å². The van der Waals surface area contributed by atoms with Crippen molar-refractivity contribution in [3.63, 3.8) is 0 Å². The summed E-state index contributed by atoms with van der Waals surface area (Å²) in [6.45, 7) is 0. The van der Waals surface area contributed by atoms with E-state index in [9.17, 15) is 8.42 Å². The van der Waals surface area contributed by atoms with Crippen LogP contribution in [0.1, 0.15) is 0 Å². The lowest BCUT2D eigenvalue weighted by atomic mass is 10.1. The lowest BCUT2D eigenvalue weighted by Crippen LogP contribution is -2.24. The molecule has 0 radical (unpaired) electrons. The third kappa shape index (κ3) is 3.27. The van der Waals surface area contributed by atoms with Crippen LogP contribution in [-0.4, -0.2) is 36.5 Å². The molecule has 0 saturated carbocycles. The third-order valence-corrected chi connectivity index (χ3v) is 5.58. The van der Waals surface area contributed by atoms with E-state index in [0.717, 1.165) is 21.8 Å². The molecule has 2 heterocycles. The number of thiazole rings is 1. The molecule has 0 atom stereocenters. The number of anilines is 1. The first-order valence-electron chi connectivity index (χ1n) is 6.83. The van der Waals surface area contributed by atoms with E-state index in [2.05, 4.69) is 10.1 Å². The van der Waals surface area contributed by atoms with E-state index in [0.29, 0.717) is 5.69 Å². The Morgan fingerprint density at radius 1 is 1.17 bits per heavy atom. The minimum absolute atomic E-state index is 0.624. The van der Waals surface area contributed by atoms with Gasteiger partial charge in [-0.15, -0.1) is 11.3 Å². The molecule has 0 aliphatic heterocycles. The van der Waals surface area contributed by atoms with Gasteiger partial charge in [-0.25, -0.2) is 13.4 Å². The van der Waals surface area contributed by atoms with Crippen LogP contribution in [0.25, 0.3) is 21.8 Å². The van der Waals surface area contributed by atoms with Gasteiger partial charge >= 0.3 is 0 Å². The molecule has 0 saturated heterocycles. The van der Waals surface area contributed by atoms with Gasteiger partial charge in [0.05, 0.1) is 23.8 Å². The van der Waals surface area contributed by atoms with Gasteiger partial charge < -0.3 is 0 Å². The number of hydrogen-bond acceptors (Lipinski definition) is 5. The fourth-order valence-corrected chi connectivity index (χ4v) is 3.41. The Morgan fingerprint density at radius 2 is 1.87 bits per heavy atom. The summed E-state index contributed by atoms with van der Waals surface area (Å²) in [5.41, 5.74) is 3.42. The summed E-state index contributed by atoms with van der Waals surface area (Å²) in [5.74, 6) is 0. The summed E-state index contributed by atoms with van der Waals surface area (Å²) in [6.07, 6.45) is 4.89.